The van der Waals surface area contributed by atoms with Crippen LogP contribution in [0.2, 0.25) is 0 Å². The van der Waals surface area contributed by atoms with E-state index >= 15 is 0 Å². The second kappa shape index (κ2) is 5.41. The molecule has 1 aliphatic carbocycles. The van der Waals surface area contributed by atoms with Gasteiger partial charge < -0.3 is 10.8 Å². The van der Waals surface area contributed by atoms with Crippen LogP contribution in [-0.2, 0) is 0 Å². The molecule has 3 N–H and O–H groups in total. The molecule has 3 atom stereocenters. The molecule has 1 aromatic carbocycles. The monoisotopic (exact) mass is 247 g/mol. The van der Waals surface area contributed by atoms with E-state index in [0.717, 1.165) is 18.4 Å². The highest BCUT2D eigenvalue weighted by Crippen LogP contribution is 2.47. The SMILES string of the molecule is Cc1cccc(C(O)C2(CN)CCCC(C)C2)c1. The van der Waals surface area contributed by atoms with E-state index in [0.29, 0.717) is 12.5 Å². The number of aliphatic hydroxyl groups is 1. The van der Waals surface area contributed by atoms with Crippen LogP contribution in [0.5, 0.6) is 0 Å². The Hall–Kier alpha value is -0.860. The molecule has 0 spiro atoms. The van der Waals surface area contributed by atoms with Crippen LogP contribution < -0.4 is 5.73 Å². The first-order valence-corrected chi connectivity index (χ1v) is 7.02. The van der Waals surface area contributed by atoms with Crippen molar-refractivity contribution < 1.29 is 5.11 Å². The maximum Gasteiger partial charge on any atom is 0.0858 e. The van der Waals surface area contributed by atoms with Gasteiger partial charge in [0.05, 0.1) is 6.10 Å². The van der Waals surface area contributed by atoms with Crippen LogP contribution in [0.15, 0.2) is 24.3 Å². The molecule has 0 aliphatic heterocycles. The van der Waals surface area contributed by atoms with Crippen LogP contribution in [0.3, 0.4) is 0 Å². The summed E-state index contributed by atoms with van der Waals surface area (Å²) in [4.78, 5) is 0. The lowest BCUT2D eigenvalue weighted by Gasteiger charge is -2.43. The van der Waals surface area contributed by atoms with Crippen LogP contribution in [0.1, 0.15) is 49.8 Å². The molecule has 2 rings (SSSR count). The Bertz CT molecular complexity index is 404. The van der Waals surface area contributed by atoms with Gasteiger partial charge in [-0.1, -0.05) is 49.6 Å². The molecule has 100 valence electrons. The number of nitrogens with two attached hydrogens (primary N) is 1. The summed E-state index contributed by atoms with van der Waals surface area (Å²) in [6, 6.07) is 8.19. The second-order valence-corrected chi connectivity index (χ2v) is 6.08. The zero-order valence-electron chi connectivity index (χ0n) is 11.5. The van der Waals surface area contributed by atoms with E-state index in [4.69, 9.17) is 5.73 Å². The Morgan fingerprint density at radius 1 is 1.50 bits per heavy atom. The highest BCUT2D eigenvalue weighted by Gasteiger charge is 2.40. The van der Waals surface area contributed by atoms with E-state index in [-0.39, 0.29) is 5.41 Å². The minimum Gasteiger partial charge on any atom is -0.388 e. The molecule has 0 heterocycles. The van der Waals surface area contributed by atoms with Gasteiger partial charge in [0.25, 0.3) is 0 Å². The van der Waals surface area contributed by atoms with Crippen LogP contribution in [-0.4, -0.2) is 11.7 Å². The van der Waals surface area contributed by atoms with E-state index in [1.54, 1.807) is 0 Å². The highest BCUT2D eigenvalue weighted by atomic mass is 16.3. The summed E-state index contributed by atoms with van der Waals surface area (Å²) in [6.45, 7) is 4.91. The first-order chi connectivity index (χ1) is 8.57. The van der Waals surface area contributed by atoms with E-state index in [9.17, 15) is 5.11 Å². The molecular formula is C16H25NO. The topological polar surface area (TPSA) is 46.2 Å². The fraction of sp³-hybridized carbons (Fsp3) is 0.625. The van der Waals surface area contributed by atoms with Gasteiger partial charge >= 0.3 is 0 Å². The first-order valence-electron chi connectivity index (χ1n) is 7.02. The molecule has 0 aromatic heterocycles. The smallest absolute Gasteiger partial charge is 0.0858 e. The Labute approximate surface area is 110 Å². The maximum atomic E-state index is 10.8. The van der Waals surface area contributed by atoms with Crippen LogP contribution in [0.4, 0.5) is 0 Å². The normalized spacial score (nSPS) is 30.1. The van der Waals surface area contributed by atoms with Crippen LogP contribution in [0.25, 0.3) is 0 Å². The molecule has 1 fully saturated rings. The number of aliphatic hydroxyl groups excluding tert-OH is 1. The van der Waals surface area contributed by atoms with Gasteiger partial charge in [-0.25, -0.2) is 0 Å². The van der Waals surface area contributed by atoms with E-state index < -0.39 is 6.10 Å². The zero-order valence-corrected chi connectivity index (χ0v) is 11.5. The largest absolute Gasteiger partial charge is 0.388 e. The van der Waals surface area contributed by atoms with E-state index in [1.165, 1.54) is 18.4 Å². The van der Waals surface area contributed by atoms with Gasteiger partial charge in [0.1, 0.15) is 0 Å². The summed E-state index contributed by atoms with van der Waals surface area (Å²) >= 11 is 0. The fourth-order valence-electron chi connectivity index (χ4n) is 3.44. The minimum atomic E-state index is -0.426. The number of aryl methyl sites for hydroxylation is 1. The number of hydrogen-bond acceptors (Lipinski definition) is 2. The average molecular weight is 247 g/mol. The lowest BCUT2D eigenvalue weighted by atomic mass is 9.65. The van der Waals surface area contributed by atoms with Crippen molar-refractivity contribution in [1.82, 2.24) is 0 Å². The second-order valence-electron chi connectivity index (χ2n) is 6.08. The van der Waals surface area contributed by atoms with Gasteiger partial charge in [0, 0.05) is 12.0 Å². The summed E-state index contributed by atoms with van der Waals surface area (Å²) < 4.78 is 0. The Kier molecular flexibility index (Phi) is 4.08. The standard InChI is InChI=1S/C16H25NO/c1-12-5-3-7-14(9-12)15(18)16(11-17)8-4-6-13(2)10-16/h3,5,7,9,13,15,18H,4,6,8,10-11,17H2,1-2H3. The maximum absolute atomic E-state index is 10.8. The Morgan fingerprint density at radius 2 is 2.28 bits per heavy atom. The van der Waals surface area contributed by atoms with E-state index in [1.807, 2.05) is 12.1 Å². The van der Waals surface area contributed by atoms with Crippen LogP contribution >= 0.6 is 0 Å². The van der Waals surface area contributed by atoms with Crippen molar-refractivity contribution >= 4 is 0 Å². The van der Waals surface area contributed by atoms with Gasteiger partial charge in [-0.05, 0) is 31.2 Å². The summed E-state index contributed by atoms with van der Waals surface area (Å²) in [5.41, 5.74) is 8.12. The van der Waals surface area contributed by atoms with Crippen molar-refractivity contribution in [2.45, 2.75) is 45.6 Å². The molecule has 0 amide bonds. The molecule has 1 aromatic rings. The number of benzene rings is 1. The van der Waals surface area contributed by atoms with E-state index in [2.05, 4.69) is 26.0 Å². The predicted molar refractivity (Wildman–Crippen MR) is 75.3 cm³/mol. The number of rotatable bonds is 3. The average Bonchev–Trinajstić information content (AvgIpc) is 2.37. The Morgan fingerprint density at radius 3 is 2.89 bits per heavy atom. The van der Waals surface area contributed by atoms with Gasteiger partial charge in [0.2, 0.25) is 0 Å². The Balaban J connectivity index is 2.26. The van der Waals surface area contributed by atoms with Crippen molar-refractivity contribution in [3.8, 4) is 0 Å². The first kappa shape index (κ1) is 13.6. The van der Waals surface area contributed by atoms with Crippen molar-refractivity contribution in [3.63, 3.8) is 0 Å². The lowest BCUT2D eigenvalue weighted by molar-refractivity contribution is -0.0131. The third kappa shape index (κ3) is 2.60. The third-order valence-electron chi connectivity index (χ3n) is 4.47. The summed E-state index contributed by atoms with van der Waals surface area (Å²) in [5, 5.41) is 10.8. The van der Waals surface area contributed by atoms with Gasteiger partial charge in [-0.15, -0.1) is 0 Å². The molecule has 0 radical (unpaired) electrons. The predicted octanol–water partition coefficient (Wildman–Crippen LogP) is 3.18. The van der Waals surface area contributed by atoms with Gasteiger partial charge in [-0.3, -0.25) is 0 Å². The van der Waals surface area contributed by atoms with Crippen molar-refractivity contribution in [2.75, 3.05) is 6.54 Å². The highest BCUT2D eigenvalue weighted by molar-refractivity contribution is 5.26. The lowest BCUT2D eigenvalue weighted by Crippen LogP contribution is -2.40. The molecule has 1 aliphatic rings. The van der Waals surface area contributed by atoms with Gasteiger partial charge in [0.15, 0.2) is 0 Å². The quantitative estimate of drug-likeness (QED) is 0.861. The van der Waals surface area contributed by atoms with Crippen LogP contribution in [0, 0.1) is 18.3 Å². The fourth-order valence-corrected chi connectivity index (χ4v) is 3.44. The molecule has 0 saturated heterocycles. The molecule has 1 saturated carbocycles. The zero-order chi connectivity index (χ0) is 13.2. The molecule has 2 heteroatoms. The number of hydrogen-bond donors (Lipinski definition) is 2. The summed E-state index contributed by atoms with van der Waals surface area (Å²) in [6.07, 6.45) is 4.11. The molecule has 18 heavy (non-hydrogen) atoms. The van der Waals surface area contributed by atoms with Crippen molar-refractivity contribution in [1.29, 1.82) is 0 Å². The van der Waals surface area contributed by atoms with Crippen molar-refractivity contribution in [2.24, 2.45) is 17.1 Å². The molecule has 3 unspecified atom stereocenters. The minimum absolute atomic E-state index is 0.120. The molecular weight excluding hydrogens is 222 g/mol. The van der Waals surface area contributed by atoms with Gasteiger partial charge in [-0.2, -0.15) is 0 Å². The summed E-state index contributed by atoms with van der Waals surface area (Å²) in [5.74, 6) is 0.668. The van der Waals surface area contributed by atoms with Crippen molar-refractivity contribution in [3.05, 3.63) is 35.4 Å². The molecule has 2 nitrogen and oxygen atoms in total. The summed E-state index contributed by atoms with van der Waals surface area (Å²) in [7, 11) is 0. The third-order valence-corrected chi connectivity index (χ3v) is 4.47. The molecule has 0 bridgehead atoms.